The van der Waals surface area contributed by atoms with E-state index in [0.717, 1.165) is 4.47 Å². The number of methoxy groups -OCH3 is 1. The van der Waals surface area contributed by atoms with Crippen LogP contribution in [0.15, 0.2) is 22.7 Å². The third-order valence-electron chi connectivity index (χ3n) is 4.16. The number of nitrogens with two attached hydrogens (primary N) is 1. The molecule has 0 spiro atoms. The maximum atomic E-state index is 12.3. The molecule has 0 aliphatic heterocycles. The molecule has 0 aliphatic carbocycles. The molecule has 6 heteroatoms. The number of nitrogens with one attached hydrogen (secondary N) is 1. The number of Topliss-reactive ketones (excluding diaryl/α,β-unsaturated/α-hetero) is 1. The normalized spacial score (nSPS) is 13.5. The first-order valence-corrected chi connectivity index (χ1v) is 8.40. The lowest BCUT2D eigenvalue weighted by molar-refractivity contribution is -0.123. The molecular weight excluding hydrogens is 360 g/mol. The van der Waals surface area contributed by atoms with Gasteiger partial charge < -0.3 is 15.8 Å². The number of carbonyl (C=O) groups is 2. The summed E-state index contributed by atoms with van der Waals surface area (Å²) in [5.41, 5.74) is 5.76. The molecule has 0 bridgehead atoms. The summed E-state index contributed by atoms with van der Waals surface area (Å²) in [6.45, 7) is 6.27. The molecule has 1 aromatic rings. The second kappa shape index (κ2) is 8.45. The standard InChI is InChI=1S/C17H25BrN2O3/c1-11(2)17(3,10-19)20-16(22)8-6-14(21)13-9-12(18)5-7-15(13)23-4/h5,7,9,11H,6,8,10,19H2,1-4H3,(H,20,22). The van der Waals surface area contributed by atoms with Gasteiger partial charge in [-0.2, -0.15) is 0 Å². The van der Waals surface area contributed by atoms with Crippen molar-refractivity contribution in [2.24, 2.45) is 11.7 Å². The van der Waals surface area contributed by atoms with E-state index >= 15 is 0 Å². The zero-order valence-electron chi connectivity index (χ0n) is 14.1. The van der Waals surface area contributed by atoms with Crippen molar-refractivity contribution < 1.29 is 14.3 Å². The molecule has 0 aliphatic rings. The van der Waals surface area contributed by atoms with Crippen molar-refractivity contribution in [1.29, 1.82) is 0 Å². The van der Waals surface area contributed by atoms with Crippen molar-refractivity contribution in [2.45, 2.75) is 39.2 Å². The van der Waals surface area contributed by atoms with Gasteiger partial charge in [0, 0.05) is 23.9 Å². The molecular formula is C17H25BrN2O3. The van der Waals surface area contributed by atoms with Crippen LogP contribution in [-0.2, 0) is 4.79 Å². The van der Waals surface area contributed by atoms with Crippen LogP contribution in [0.3, 0.4) is 0 Å². The highest BCUT2D eigenvalue weighted by Gasteiger charge is 2.28. The van der Waals surface area contributed by atoms with Gasteiger partial charge in [0.05, 0.1) is 18.2 Å². The summed E-state index contributed by atoms with van der Waals surface area (Å²) < 4.78 is 5.99. The average Bonchev–Trinajstić information content (AvgIpc) is 2.52. The lowest BCUT2D eigenvalue weighted by Crippen LogP contribution is -2.55. The van der Waals surface area contributed by atoms with E-state index in [4.69, 9.17) is 10.5 Å². The third-order valence-corrected chi connectivity index (χ3v) is 4.66. The minimum absolute atomic E-state index is 0.122. The Labute approximate surface area is 146 Å². The Hall–Kier alpha value is -1.40. The van der Waals surface area contributed by atoms with Crippen molar-refractivity contribution in [2.75, 3.05) is 13.7 Å². The van der Waals surface area contributed by atoms with Gasteiger partial charge in [0.25, 0.3) is 0 Å². The molecule has 23 heavy (non-hydrogen) atoms. The van der Waals surface area contributed by atoms with E-state index in [1.54, 1.807) is 18.2 Å². The molecule has 0 heterocycles. The summed E-state index contributed by atoms with van der Waals surface area (Å²) in [5.74, 6) is 0.413. The Kier molecular flexibility index (Phi) is 7.22. The molecule has 1 amide bonds. The fourth-order valence-corrected chi connectivity index (χ4v) is 2.43. The smallest absolute Gasteiger partial charge is 0.220 e. The monoisotopic (exact) mass is 384 g/mol. The Morgan fingerprint density at radius 1 is 1.35 bits per heavy atom. The van der Waals surface area contributed by atoms with Gasteiger partial charge in [0.1, 0.15) is 5.75 Å². The van der Waals surface area contributed by atoms with E-state index in [1.165, 1.54) is 7.11 Å². The number of ether oxygens (including phenoxy) is 1. The number of hydrogen-bond acceptors (Lipinski definition) is 4. The Morgan fingerprint density at radius 2 is 2.00 bits per heavy atom. The van der Waals surface area contributed by atoms with Crippen molar-refractivity contribution in [1.82, 2.24) is 5.32 Å². The summed E-state index contributed by atoms with van der Waals surface area (Å²) in [4.78, 5) is 24.5. The largest absolute Gasteiger partial charge is 0.496 e. The molecule has 0 saturated heterocycles. The second-order valence-corrected chi connectivity index (χ2v) is 7.01. The zero-order valence-corrected chi connectivity index (χ0v) is 15.7. The molecule has 0 fully saturated rings. The van der Waals surface area contributed by atoms with Crippen molar-refractivity contribution in [3.05, 3.63) is 28.2 Å². The average molecular weight is 385 g/mol. The zero-order chi connectivity index (χ0) is 17.6. The minimum Gasteiger partial charge on any atom is -0.496 e. The van der Waals surface area contributed by atoms with Gasteiger partial charge in [0.2, 0.25) is 5.91 Å². The van der Waals surface area contributed by atoms with Crippen LogP contribution >= 0.6 is 15.9 Å². The molecule has 3 N–H and O–H groups in total. The van der Waals surface area contributed by atoms with E-state index in [0.29, 0.717) is 17.9 Å². The second-order valence-electron chi connectivity index (χ2n) is 6.09. The van der Waals surface area contributed by atoms with Crippen LogP contribution in [0.1, 0.15) is 44.0 Å². The molecule has 1 aromatic carbocycles. The van der Waals surface area contributed by atoms with Crippen molar-refractivity contribution in [3.63, 3.8) is 0 Å². The predicted molar refractivity (Wildman–Crippen MR) is 94.7 cm³/mol. The maximum Gasteiger partial charge on any atom is 0.220 e. The third kappa shape index (κ3) is 5.32. The number of hydrogen-bond donors (Lipinski definition) is 2. The molecule has 1 atom stereocenters. The lowest BCUT2D eigenvalue weighted by atomic mass is 9.88. The number of halogens is 1. The van der Waals surface area contributed by atoms with Crippen molar-refractivity contribution >= 4 is 27.6 Å². The number of benzene rings is 1. The topological polar surface area (TPSA) is 81.4 Å². The Morgan fingerprint density at radius 3 is 2.52 bits per heavy atom. The molecule has 0 radical (unpaired) electrons. The Bertz CT molecular complexity index is 575. The summed E-state index contributed by atoms with van der Waals surface area (Å²) in [7, 11) is 1.52. The van der Waals surface area contributed by atoms with Crippen LogP contribution in [0, 0.1) is 5.92 Å². The summed E-state index contributed by atoms with van der Waals surface area (Å²) in [6, 6.07) is 5.23. The minimum atomic E-state index is -0.465. The van der Waals surface area contributed by atoms with E-state index in [2.05, 4.69) is 21.2 Å². The highest BCUT2D eigenvalue weighted by atomic mass is 79.9. The van der Waals surface area contributed by atoms with Gasteiger partial charge in [-0.15, -0.1) is 0 Å². The van der Waals surface area contributed by atoms with Crippen LogP contribution in [0.2, 0.25) is 0 Å². The fourth-order valence-electron chi connectivity index (χ4n) is 2.07. The van der Waals surface area contributed by atoms with E-state index < -0.39 is 5.54 Å². The van der Waals surface area contributed by atoms with Crippen LogP contribution in [0.25, 0.3) is 0 Å². The van der Waals surface area contributed by atoms with E-state index in [9.17, 15) is 9.59 Å². The van der Waals surface area contributed by atoms with E-state index in [-0.39, 0.29) is 30.4 Å². The predicted octanol–water partition coefficient (Wildman–Crippen LogP) is 2.91. The van der Waals surface area contributed by atoms with Crippen LogP contribution in [0.4, 0.5) is 0 Å². The first-order chi connectivity index (χ1) is 10.7. The number of ketones is 1. The highest BCUT2D eigenvalue weighted by molar-refractivity contribution is 9.10. The summed E-state index contributed by atoms with van der Waals surface area (Å²) in [5, 5.41) is 2.93. The number of carbonyl (C=O) groups excluding carboxylic acids is 2. The van der Waals surface area contributed by atoms with Gasteiger partial charge in [-0.3, -0.25) is 9.59 Å². The molecule has 0 saturated carbocycles. The lowest BCUT2D eigenvalue weighted by Gasteiger charge is -2.33. The van der Waals surface area contributed by atoms with E-state index in [1.807, 2.05) is 20.8 Å². The number of rotatable bonds is 8. The van der Waals surface area contributed by atoms with Gasteiger partial charge in [-0.05, 0) is 31.0 Å². The highest BCUT2D eigenvalue weighted by Crippen LogP contribution is 2.24. The Balaban J connectivity index is 2.70. The molecule has 128 valence electrons. The summed E-state index contributed by atoms with van der Waals surface area (Å²) in [6.07, 6.45) is 0.244. The van der Waals surface area contributed by atoms with Gasteiger partial charge in [-0.25, -0.2) is 0 Å². The van der Waals surface area contributed by atoms with Crippen LogP contribution < -0.4 is 15.8 Å². The quantitative estimate of drug-likeness (QED) is 0.675. The van der Waals surface area contributed by atoms with Gasteiger partial charge in [-0.1, -0.05) is 29.8 Å². The molecule has 5 nitrogen and oxygen atoms in total. The maximum absolute atomic E-state index is 12.3. The fraction of sp³-hybridized carbons (Fsp3) is 0.529. The first-order valence-electron chi connectivity index (χ1n) is 7.61. The molecule has 1 unspecified atom stereocenters. The first kappa shape index (κ1) is 19.6. The number of amides is 1. The molecule has 0 aromatic heterocycles. The SMILES string of the molecule is COc1ccc(Br)cc1C(=O)CCC(=O)NC(C)(CN)C(C)C. The summed E-state index contributed by atoms with van der Waals surface area (Å²) >= 11 is 3.34. The van der Waals surface area contributed by atoms with Gasteiger partial charge in [0.15, 0.2) is 5.78 Å². The van der Waals surface area contributed by atoms with Gasteiger partial charge >= 0.3 is 0 Å². The molecule has 1 rings (SSSR count). The van der Waals surface area contributed by atoms with Crippen molar-refractivity contribution in [3.8, 4) is 5.75 Å². The van der Waals surface area contributed by atoms with Crippen LogP contribution in [-0.4, -0.2) is 30.9 Å². The van der Waals surface area contributed by atoms with Crippen LogP contribution in [0.5, 0.6) is 5.75 Å².